The number of esters is 1. The largest absolute Gasteiger partial charge is 0.462 e. The van der Waals surface area contributed by atoms with E-state index in [1.807, 2.05) is 6.07 Å². The predicted molar refractivity (Wildman–Crippen MR) is 86.4 cm³/mol. The smallest absolute Gasteiger partial charge is 0.338 e. The van der Waals surface area contributed by atoms with E-state index in [-0.39, 0.29) is 5.91 Å². The summed E-state index contributed by atoms with van der Waals surface area (Å²) in [4.78, 5) is 31.3. The molecular formula is C17H15N3O3. The number of fused-ring (bicyclic) bond motifs is 1. The highest BCUT2D eigenvalue weighted by Crippen LogP contribution is 2.18. The normalized spacial score (nSPS) is 10.5. The van der Waals surface area contributed by atoms with Crippen LogP contribution in [0.5, 0.6) is 0 Å². The van der Waals surface area contributed by atoms with E-state index in [2.05, 4.69) is 15.3 Å². The monoisotopic (exact) mass is 309 g/mol. The average molecular weight is 309 g/mol. The van der Waals surface area contributed by atoms with Gasteiger partial charge in [-0.25, -0.2) is 9.78 Å². The van der Waals surface area contributed by atoms with Crippen molar-refractivity contribution in [3.05, 3.63) is 59.9 Å². The van der Waals surface area contributed by atoms with Gasteiger partial charge in [0.1, 0.15) is 5.65 Å². The molecule has 0 aliphatic carbocycles. The first-order valence-electron chi connectivity index (χ1n) is 7.19. The Labute approximate surface area is 132 Å². The van der Waals surface area contributed by atoms with Gasteiger partial charge in [0.05, 0.1) is 17.7 Å². The van der Waals surface area contributed by atoms with Crippen LogP contribution in [0.15, 0.2) is 48.8 Å². The fourth-order valence-electron chi connectivity index (χ4n) is 2.28. The van der Waals surface area contributed by atoms with Crippen molar-refractivity contribution in [1.82, 2.24) is 9.97 Å². The number of carbonyl (C=O) groups excluding carboxylic acids is 2. The van der Waals surface area contributed by atoms with Crippen LogP contribution in [-0.2, 0) is 4.74 Å². The van der Waals surface area contributed by atoms with Gasteiger partial charge in [-0.05, 0) is 37.3 Å². The van der Waals surface area contributed by atoms with Gasteiger partial charge in [-0.1, -0.05) is 6.07 Å². The first kappa shape index (κ1) is 14.8. The lowest BCUT2D eigenvalue weighted by Gasteiger charge is -2.07. The number of carbonyl (C=O) groups is 2. The number of rotatable bonds is 4. The summed E-state index contributed by atoms with van der Waals surface area (Å²) in [7, 11) is 0. The summed E-state index contributed by atoms with van der Waals surface area (Å²) in [6.45, 7) is 2.05. The van der Waals surface area contributed by atoms with Crippen molar-refractivity contribution in [3.63, 3.8) is 0 Å². The zero-order valence-electron chi connectivity index (χ0n) is 12.5. The van der Waals surface area contributed by atoms with E-state index in [0.717, 1.165) is 5.39 Å². The quantitative estimate of drug-likeness (QED) is 0.726. The van der Waals surface area contributed by atoms with Gasteiger partial charge in [-0.2, -0.15) is 0 Å². The highest BCUT2D eigenvalue weighted by atomic mass is 16.5. The number of aromatic amines is 1. The zero-order valence-corrected chi connectivity index (χ0v) is 12.5. The lowest BCUT2D eigenvalue weighted by atomic mass is 10.1. The number of aromatic nitrogens is 2. The number of H-pyrrole nitrogens is 1. The lowest BCUT2D eigenvalue weighted by molar-refractivity contribution is 0.0526. The van der Waals surface area contributed by atoms with Crippen molar-refractivity contribution in [2.75, 3.05) is 11.9 Å². The molecule has 23 heavy (non-hydrogen) atoms. The predicted octanol–water partition coefficient (Wildman–Crippen LogP) is 2.99. The Morgan fingerprint density at radius 2 is 2.13 bits per heavy atom. The molecule has 3 rings (SSSR count). The Hall–Kier alpha value is -3.15. The Bertz CT molecular complexity index is 870. The minimum Gasteiger partial charge on any atom is -0.462 e. The van der Waals surface area contributed by atoms with E-state index in [1.165, 1.54) is 0 Å². The molecule has 0 atom stereocenters. The third-order valence-corrected chi connectivity index (χ3v) is 3.33. The molecule has 3 aromatic rings. The highest BCUT2D eigenvalue weighted by Gasteiger charge is 2.13. The van der Waals surface area contributed by atoms with Gasteiger partial charge < -0.3 is 15.0 Å². The van der Waals surface area contributed by atoms with Crippen molar-refractivity contribution in [2.24, 2.45) is 0 Å². The third-order valence-electron chi connectivity index (χ3n) is 3.33. The maximum Gasteiger partial charge on any atom is 0.338 e. The number of pyridine rings is 1. The van der Waals surface area contributed by atoms with Gasteiger partial charge >= 0.3 is 5.97 Å². The Morgan fingerprint density at radius 1 is 1.26 bits per heavy atom. The van der Waals surface area contributed by atoms with Gasteiger partial charge in [0.15, 0.2) is 0 Å². The Kier molecular flexibility index (Phi) is 4.05. The maximum absolute atomic E-state index is 12.4. The summed E-state index contributed by atoms with van der Waals surface area (Å²) < 4.78 is 4.95. The molecule has 1 aromatic carbocycles. The van der Waals surface area contributed by atoms with Crippen LogP contribution in [0.4, 0.5) is 5.69 Å². The number of nitrogens with one attached hydrogen (secondary N) is 2. The molecule has 0 unspecified atom stereocenters. The van der Waals surface area contributed by atoms with Gasteiger partial charge in [0.25, 0.3) is 5.91 Å². The second kappa shape index (κ2) is 6.31. The van der Waals surface area contributed by atoms with Crippen LogP contribution < -0.4 is 5.32 Å². The van der Waals surface area contributed by atoms with Crippen LogP contribution in [0.3, 0.4) is 0 Å². The number of anilines is 1. The molecule has 6 nitrogen and oxygen atoms in total. The van der Waals surface area contributed by atoms with Crippen LogP contribution in [-0.4, -0.2) is 28.5 Å². The molecule has 0 bridgehead atoms. The number of hydrogen-bond donors (Lipinski definition) is 2. The van der Waals surface area contributed by atoms with Crippen molar-refractivity contribution in [2.45, 2.75) is 6.92 Å². The molecule has 0 radical (unpaired) electrons. The zero-order chi connectivity index (χ0) is 16.2. The van der Waals surface area contributed by atoms with Crippen LogP contribution in [0.2, 0.25) is 0 Å². The number of ether oxygens (including phenoxy) is 1. The second-order valence-electron chi connectivity index (χ2n) is 4.86. The molecular weight excluding hydrogens is 294 g/mol. The van der Waals surface area contributed by atoms with Gasteiger partial charge in [-0.3, -0.25) is 4.79 Å². The molecule has 0 fully saturated rings. The standard InChI is InChI=1S/C17H15N3O3/c1-2-23-17(22)11-5-3-6-12(9-11)20-16(21)14-10-19-15-13(14)7-4-8-18-15/h3-10H,2H2,1H3,(H,18,19)(H,20,21). The number of hydrogen-bond acceptors (Lipinski definition) is 4. The van der Waals surface area contributed by atoms with E-state index >= 15 is 0 Å². The van der Waals surface area contributed by atoms with E-state index in [0.29, 0.717) is 29.1 Å². The van der Waals surface area contributed by atoms with Crippen molar-refractivity contribution < 1.29 is 14.3 Å². The molecule has 0 aliphatic rings. The minimum absolute atomic E-state index is 0.273. The first-order valence-corrected chi connectivity index (χ1v) is 7.19. The first-order chi connectivity index (χ1) is 11.2. The third kappa shape index (κ3) is 3.06. The summed E-state index contributed by atoms with van der Waals surface area (Å²) >= 11 is 0. The van der Waals surface area contributed by atoms with Crippen molar-refractivity contribution >= 4 is 28.6 Å². The van der Waals surface area contributed by atoms with E-state index < -0.39 is 5.97 Å². The molecule has 2 aromatic heterocycles. The molecule has 0 spiro atoms. The van der Waals surface area contributed by atoms with Gasteiger partial charge in [0, 0.05) is 23.5 Å². The number of amides is 1. The van der Waals surface area contributed by atoms with E-state index in [1.54, 1.807) is 49.6 Å². The SMILES string of the molecule is CCOC(=O)c1cccc(NC(=O)c2c[nH]c3ncccc23)c1. The van der Waals surface area contributed by atoms with E-state index in [9.17, 15) is 9.59 Å². The van der Waals surface area contributed by atoms with Gasteiger partial charge in [-0.15, -0.1) is 0 Å². The molecule has 0 aliphatic heterocycles. The summed E-state index contributed by atoms with van der Waals surface area (Å²) in [5, 5.41) is 3.52. The summed E-state index contributed by atoms with van der Waals surface area (Å²) in [6.07, 6.45) is 3.27. The molecule has 116 valence electrons. The maximum atomic E-state index is 12.4. The number of benzene rings is 1. The lowest BCUT2D eigenvalue weighted by Crippen LogP contribution is -2.12. The van der Waals surface area contributed by atoms with Crippen LogP contribution in [0.25, 0.3) is 11.0 Å². The van der Waals surface area contributed by atoms with Crippen LogP contribution in [0.1, 0.15) is 27.6 Å². The van der Waals surface area contributed by atoms with Gasteiger partial charge in [0.2, 0.25) is 0 Å². The fourth-order valence-corrected chi connectivity index (χ4v) is 2.28. The van der Waals surface area contributed by atoms with Crippen molar-refractivity contribution in [1.29, 1.82) is 0 Å². The second-order valence-corrected chi connectivity index (χ2v) is 4.86. The summed E-state index contributed by atoms with van der Waals surface area (Å²) in [5.74, 6) is -0.690. The molecule has 0 saturated carbocycles. The molecule has 0 saturated heterocycles. The Morgan fingerprint density at radius 3 is 2.96 bits per heavy atom. The molecule has 2 N–H and O–H groups in total. The molecule has 1 amide bonds. The Balaban J connectivity index is 1.83. The average Bonchev–Trinajstić information content (AvgIpc) is 2.99. The summed E-state index contributed by atoms with van der Waals surface area (Å²) in [5.41, 5.74) is 2.07. The molecule has 2 heterocycles. The minimum atomic E-state index is -0.417. The van der Waals surface area contributed by atoms with Crippen LogP contribution in [0, 0.1) is 0 Å². The van der Waals surface area contributed by atoms with Crippen LogP contribution >= 0.6 is 0 Å². The number of nitrogens with zero attached hydrogens (tertiary/aromatic N) is 1. The fraction of sp³-hybridized carbons (Fsp3) is 0.118. The summed E-state index contributed by atoms with van der Waals surface area (Å²) in [6, 6.07) is 10.2. The van der Waals surface area contributed by atoms with E-state index in [4.69, 9.17) is 4.74 Å². The van der Waals surface area contributed by atoms with Crippen molar-refractivity contribution in [3.8, 4) is 0 Å². The molecule has 6 heteroatoms. The highest BCUT2D eigenvalue weighted by molar-refractivity contribution is 6.12. The topological polar surface area (TPSA) is 84.1 Å².